The van der Waals surface area contributed by atoms with Crippen LogP contribution in [0.2, 0.25) is 0 Å². The first-order valence-electron chi connectivity index (χ1n) is 11.9. The summed E-state index contributed by atoms with van der Waals surface area (Å²) >= 11 is 0. The van der Waals surface area contributed by atoms with Crippen molar-refractivity contribution in [1.82, 2.24) is 9.80 Å². The van der Waals surface area contributed by atoms with Gasteiger partial charge in [-0.05, 0) is 17.5 Å². The van der Waals surface area contributed by atoms with Crippen LogP contribution < -0.4 is 11.5 Å². The summed E-state index contributed by atoms with van der Waals surface area (Å²) in [5.41, 5.74) is 10.6. The highest BCUT2D eigenvalue weighted by atomic mass is 16.4. The summed E-state index contributed by atoms with van der Waals surface area (Å²) in [7, 11) is 0. The third-order valence-electron chi connectivity index (χ3n) is 7.39. The number of amidine groups is 1. The van der Waals surface area contributed by atoms with Gasteiger partial charge in [-0.1, -0.05) is 54.6 Å². The van der Waals surface area contributed by atoms with Crippen LogP contribution in [-0.4, -0.2) is 74.8 Å². The number of nitrogens with zero attached hydrogens (tertiary/aromatic N) is 2. The van der Waals surface area contributed by atoms with E-state index in [1.54, 1.807) is 24.3 Å². The van der Waals surface area contributed by atoms with Gasteiger partial charge in [-0.25, -0.2) is 0 Å². The van der Waals surface area contributed by atoms with Crippen LogP contribution in [-0.2, 0) is 25.6 Å². The number of carboxylic acids is 1. The van der Waals surface area contributed by atoms with Crippen LogP contribution in [0.1, 0.15) is 29.2 Å². The highest BCUT2D eigenvalue weighted by molar-refractivity contribution is 6.09. The SMILES string of the molecule is N=C(N)c1ccc(C2C3C(=O)N(CCc4ccccc4)C(=O)C3C(CO)(C(=O)O)N2CCC(N)=O)cc1. The van der Waals surface area contributed by atoms with E-state index in [0.717, 1.165) is 10.5 Å². The number of nitrogens with one attached hydrogen (secondary N) is 1. The zero-order chi connectivity index (χ0) is 26.9. The normalized spacial score (nSPS) is 25.3. The molecule has 2 fully saturated rings. The molecule has 2 heterocycles. The molecule has 0 aliphatic carbocycles. The summed E-state index contributed by atoms with van der Waals surface area (Å²) in [6.07, 6.45) is 0.150. The summed E-state index contributed by atoms with van der Waals surface area (Å²) in [4.78, 5) is 54.3. The fourth-order valence-electron chi connectivity index (χ4n) is 5.63. The Hall–Kier alpha value is -4.09. The highest BCUT2D eigenvalue weighted by Crippen LogP contribution is 2.55. The molecule has 4 unspecified atom stereocenters. The Balaban J connectivity index is 1.79. The molecule has 2 saturated heterocycles. The van der Waals surface area contributed by atoms with Crippen LogP contribution in [0.15, 0.2) is 54.6 Å². The van der Waals surface area contributed by atoms with Crippen LogP contribution in [0.4, 0.5) is 0 Å². The van der Waals surface area contributed by atoms with Gasteiger partial charge in [-0.3, -0.25) is 34.4 Å². The lowest BCUT2D eigenvalue weighted by molar-refractivity contribution is -0.162. The summed E-state index contributed by atoms with van der Waals surface area (Å²) in [5, 5.41) is 28.5. The van der Waals surface area contributed by atoms with Crippen LogP contribution >= 0.6 is 0 Å². The molecule has 2 aliphatic heterocycles. The maximum Gasteiger partial charge on any atom is 0.327 e. The first-order valence-corrected chi connectivity index (χ1v) is 11.9. The number of carboxylic acid groups (broad SMARTS) is 1. The van der Waals surface area contributed by atoms with E-state index in [1.165, 1.54) is 4.90 Å². The second kappa shape index (κ2) is 10.1. The molecule has 11 heteroatoms. The smallest absolute Gasteiger partial charge is 0.327 e. The third-order valence-corrected chi connectivity index (χ3v) is 7.39. The van der Waals surface area contributed by atoms with E-state index in [9.17, 15) is 29.4 Å². The largest absolute Gasteiger partial charge is 0.480 e. The Bertz CT molecular complexity index is 1230. The lowest BCUT2D eigenvalue weighted by Crippen LogP contribution is -2.60. The number of aliphatic hydroxyl groups excluding tert-OH is 1. The zero-order valence-corrected chi connectivity index (χ0v) is 20.0. The van der Waals surface area contributed by atoms with E-state index in [4.69, 9.17) is 16.9 Å². The first-order chi connectivity index (χ1) is 17.6. The minimum absolute atomic E-state index is 0.0626. The standard InChI is InChI=1S/C26H29N5O6/c27-18(33)11-13-31-21(16-6-8-17(9-7-16)22(28)29)19-20(26(31,14-32)25(36)37)24(35)30(23(19)34)12-10-15-4-2-1-3-5-15/h1-9,19-21,32H,10-14H2,(H2,27,33)(H3,28,29)(H,36,37). The number of hydrogen-bond donors (Lipinski definition) is 5. The van der Waals surface area contributed by atoms with Gasteiger partial charge in [0.25, 0.3) is 0 Å². The lowest BCUT2D eigenvalue weighted by atomic mass is 9.79. The van der Waals surface area contributed by atoms with Crippen LogP contribution in [0.25, 0.3) is 0 Å². The number of fused-ring (bicyclic) bond motifs is 1. The molecule has 0 aromatic heterocycles. The topological polar surface area (TPSA) is 191 Å². The quantitative estimate of drug-likeness (QED) is 0.167. The van der Waals surface area contributed by atoms with E-state index in [-0.39, 0.29) is 25.3 Å². The number of carbonyl (C=O) groups excluding carboxylic acids is 3. The molecule has 4 rings (SSSR count). The number of nitrogens with two attached hydrogens (primary N) is 2. The Morgan fingerprint density at radius 3 is 2.16 bits per heavy atom. The molecule has 3 amide bonds. The van der Waals surface area contributed by atoms with Crippen LogP contribution in [0.3, 0.4) is 0 Å². The lowest BCUT2D eigenvalue weighted by Gasteiger charge is -2.39. The molecular formula is C26H29N5O6. The second-order valence-corrected chi connectivity index (χ2v) is 9.34. The molecule has 0 saturated carbocycles. The average molecular weight is 508 g/mol. The molecule has 2 aromatic carbocycles. The predicted molar refractivity (Wildman–Crippen MR) is 132 cm³/mol. The van der Waals surface area contributed by atoms with Crippen molar-refractivity contribution < 1.29 is 29.4 Å². The Labute approximate surface area is 213 Å². The van der Waals surface area contributed by atoms with Gasteiger partial charge in [0, 0.05) is 31.1 Å². The summed E-state index contributed by atoms with van der Waals surface area (Å²) in [6.45, 7) is -1.07. The maximum atomic E-state index is 13.7. The van der Waals surface area contributed by atoms with Gasteiger partial charge in [0.05, 0.1) is 18.4 Å². The average Bonchev–Trinajstić information content (AvgIpc) is 3.31. The van der Waals surface area contributed by atoms with Gasteiger partial charge in [0.1, 0.15) is 5.84 Å². The molecule has 11 nitrogen and oxygen atoms in total. The van der Waals surface area contributed by atoms with Gasteiger partial charge in [-0.2, -0.15) is 0 Å². The molecule has 37 heavy (non-hydrogen) atoms. The Kier molecular flexibility index (Phi) is 7.10. The van der Waals surface area contributed by atoms with Crippen molar-refractivity contribution in [3.05, 3.63) is 71.3 Å². The third kappa shape index (κ3) is 4.36. The second-order valence-electron chi connectivity index (χ2n) is 9.34. The summed E-state index contributed by atoms with van der Waals surface area (Å²) in [5.74, 6) is -6.02. The number of benzene rings is 2. The van der Waals surface area contributed by atoms with E-state index in [0.29, 0.717) is 17.5 Å². The van der Waals surface area contributed by atoms with Crippen LogP contribution in [0.5, 0.6) is 0 Å². The monoisotopic (exact) mass is 507 g/mol. The molecule has 7 N–H and O–H groups in total. The first kappa shape index (κ1) is 26.0. The molecule has 4 atom stereocenters. The molecule has 0 spiro atoms. The summed E-state index contributed by atoms with van der Waals surface area (Å²) < 4.78 is 0. The molecular weight excluding hydrogens is 478 g/mol. The number of likely N-dealkylation sites (tertiary alicyclic amines) is 2. The molecule has 0 radical (unpaired) electrons. The van der Waals surface area contributed by atoms with Crippen molar-refractivity contribution in [1.29, 1.82) is 5.41 Å². The fraction of sp³-hybridized carbons (Fsp3) is 0.346. The van der Waals surface area contributed by atoms with E-state index >= 15 is 0 Å². The number of carbonyl (C=O) groups is 4. The molecule has 0 bridgehead atoms. The minimum Gasteiger partial charge on any atom is -0.480 e. The van der Waals surface area contributed by atoms with Crippen molar-refractivity contribution in [3.63, 3.8) is 0 Å². The molecule has 2 aliphatic rings. The zero-order valence-electron chi connectivity index (χ0n) is 20.0. The Morgan fingerprint density at radius 1 is 0.973 bits per heavy atom. The predicted octanol–water partition coefficient (Wildman–Crippen LogP) is -0.138. The number of amides is 3. The number of nitrogen functional groups attached to an aromatic ring is 1. The van der Waals surface area contributed by atoms with Crippen LogP contribution in [0, 0.1) is 17.2 Å². The number of aliphatic hydroxyl groups is 1. The van der Waals surface area contributed by atoms with Gasteiger partial charge in [0.15, 0.2) is 5.54 Å². The van der Waals surface area contributed by atoms with E-state index in [2.05, 4.69) is 0 Å². The van der Waals surface area contributed by atoms with Gasteiger partial charge in [0.2, 0.25) is 17.7 Å². The van der Waals surface area contributed by atoms with Crippen molar-refractivity contribution >= 4 is 29.5 Å². The van der Waals surface area contributed by atoms with Crippen molar-refractivity contribution in [2.75, 3.05) is 19.7 Å². The molecule has 2 aromatic rings. The van der Waals surface area contributed by atoms with Gasteiger partial charge >= 0.3 is 5.97 Å². The Morgan fingerprint density at radius 2 is 1.62 bits per heavy atom. The van der Waals surface area contributed by atoms with Crippen molar-refractivity contribution in [2.24, 2.45) is 23.3 Å². The summed E-state index contributed by atoms with van der Waals surface area (Å²) in [6, 6.07) is 14.7. The fourth-order valence-corrected chi connectivity index (χ4v) is 5.63. The minimum atomic E-state index is -2.14. The number of hydrogen-bond acceptors (Lipinski definition) is 7. The van der Waals surface area contributed by atoms with Crippen molar-refractivity contribution in [2.45, 2.75) is 24.4 Å². The highest BCUT2D eigenvalue weighted by Gasteiger charge is 2.71. The number of imide groups is 1. The number of primary amides is 1. The number of aliphatic carboxylic acids is 1. The molecule has 194 valence electrons. The number of rotatable bonds is 10. The van der Waals surface area contributed by atoms with Crippen molar-refractivity contribution in [3.8, 4) is 0 Å². The van der Waals surface area contributed by atoms with E-state index in [1.807, 2.05) is 30.3 Å². The van der Waals surface area contributed by atoms with E-state index < -0.39 is 53.7 Å². The maximum absolute atomic E-state index is 13.7. The van der Waals surface area contributed by atoms with Gasteiger partial charge in [-0.15, -0.1) is 0 Å². The van der Waals surface area contributed by atoms with Gasteiger partial charge < -0.3 is 21.7 Å².